The molecule has 0 fully saturated rings. The van der Waals surface area contributed by atoms with Crippen LogP contribution < -0.4 is 20.1 Å². The van der Waals surface area contributed by atoms with E-state index in [1.807, 2.05) is 23.1 Å². The molecule has 120 valence electrons. The van der Waals surface area contributed by atoms with E-state index < -0.39 is 17.8 Å². The van der Waals surface area contributed by atoms with E-state index in [4.69, 9.17) is 15.2 Å². The number of primary amides is 1. The van der Waals surface area contributed by atoms with E-state index in [0.29, 0.717) is 18.8 Å². The van der Waals surface area contributed by atoms with Crippen molar-refractivity contribution in [2.24, 2.45) is 5.73 Å². The Morgan fingerprint density at radius 1 is 1.39 bits per heavy atom. The Balaban J connectivity index is 1.89. The van der Waals surface area contributed by atoms with E-state index in [9.17, 15) is 9.18 Å². The van der Waals surface area contributed by atoms with E-state index in [1.54, 1.807) is 18.2 Å². The van der Waals surface area contributed by atoms with Gasteiger partial charge < -0.3 is 20.1 Å². The first-order chi connectivity index (χ1) is 11.1. The largest absolute Gasteiger partial charge is 0.494 e. The van der Waals surface area contributed by atoms with Crippen molar-refractivity contribution in [3.8, 4) is 11.5 Å². The first-order valence-electron chi connectivity index (χ1n) is 7.21. The highest BCUT2D eigenvalue weighted by Gasteiger charge is 2.29. The van der Waals surface area contributed by atoms with Gasteiger partial charge in [0.15, 0.2) is 17.7 Å². The van der Waals surface area contributed by atoms with Crippen LogP contribution in [0.4, 0.5) is 10.1 Å². The lowest BCUT2D eigenvalue weighted by molar-refractivity contribution is -0.124. The molecule has 0 radical (unpaired) electrons. The molecule has 1 heterocycles. The predicted octanol–water partition coefficient (Wildman–Crippen LogP) is 2.09. The number of para-hydroxylation sites is 2. The molecule has 0 aliphatic carbocycles. The summed E-state index contributed by atoms with van der Waals surface area (Å²) in [5.41, 5.74) is 6.99. The van der Waals surface area contributed by atoms with Gasteiger partial charge in [0, 0.05) is 6.54 Å². The third kappa shape index (κ3) is 3.06. The van der Waals surface area contributed by atoms with Crippen molar-refractivity contribution in [1.82, 2.24) is 0 Å². The molecule has 3 rings (SSSR count). The second-order valence-corrected chi connectivity index (χ2v) is 5.33. The number of carbonyl (C=O) groups excluding carboxylic acids is 1. The van der Waals surface area contributed by atoms with Gasteiger partial charge >= 0.3 is 0 Å². The zero-order chi connectivity index (χ0) is 16.4. The van der Waals surface area contributed by atoms with Crippen molar-refractivity contribution in [3.63, 3.8) is 0 Å². The summed E-state index contributed by atoms with van der Waals surface area (Å²) in [6, 6.07) is 12.2. The van der Waals surface area contributed by atoms with Crippen molar-refractivity contribution < 1.29 is 18.7 Å². The fourth-order valence-corrected chi connectivity index (χ4v) is 2.63. The highest BCUT2D eigenvalue weighted by molar-refractivity contribution is 5.81. The zero-order valence-electron chi connectivity index (χ0n) is 12.7. The summed E-state index contributed by atoms with van der Waals surface area (Å²) < 4.78 is 24.4. The Hall–Kier alpha value is -2.76. The number of hydrogen-bond donors (Lipinski definition) is 1. The topological polar surface area (TPSA) is 64.8 Å². The van der Waals surface area contributed by atoms with Gasteiger partial charge in [-0.1, -0.05) is 18.2 Å². The van der Waals surface area contributed by atoms with Gasteiger partial charge in [0.25, 0.3) is 5.91 Å². The average Bonchev–Trinajstić information content (AvgIpc) is 2.55. The molecule has 6 heteroatoms. The molecule has 5 nitrogen and oxygen atoms in total. The Morgan fingerprint density at radius 2 is 2.17 bits per heavy atom. The first-order valence-corrected chi connectivity index (χ1v) is 7.21. The molecule has 1 aliphatic rings. The van der Waals surface area contributed by atoms with Gasteiger partial charge in [-0.05, 0) is 29.8 Å². The van der Waals surface area contributed by atoms with Crippen LogP contribution in [-0.4, -0.2) is 25.7 Å². The minimum atomic E-state index is -0.729. The molecule has 2 aromatic rings. The molecule has 1 aliphatic heterocycles. The monoisotopic (exact) mass is 316 g/mol. The number of rotatable bonds is 4. The van der Waals surface area contributed by atoms with Gasteiger partial charge in [0.05, 0.1) is 19.3 Å². The van der Waals surface area contributed by atoms with Gasteiger partial charge in [0.2, 0.25) is 0 Å². The summed E-state index contributed by atoms with van der Waals surface area (Å²) >= 11 is 0. The standard InChI is InChI=1S/C17H17FN2O3/c1-22-14-7-6-11(8-12(14)18)9-20-10-16(17(19)21)23-15-5-3-2-4-13(15)20/h2-8,16H,9-10H2,1H3,(H2,19,21)/t16-/m1/s1. The lowest BCUT2D eigenvalue weighted by Gasteiger charge is -2.35. The average molecular weight is 316 g/mol. The van der Waals surface area contributed by atoms with E-state index >= 15 is 0 Å². The van der Waals surface area contributed by atoms with Crippen LogP contribution in [0, 0.1) is 5.82 Å². The van der Waals surface area contributed by atoms with Gasteiger partial charge in [-0.15, -0.1) is 0 Å². The number of nitrogens with two attached hydrogens (primary N) is 1. The number of methoxy groups -OCH3 is 1. The fourth-order valence-electron chi connectivity index (χ4n) is 2.63. The van der Waals surface area contributed by atoms with E-state index in [-0.39, 0.29) is 5.75 Å². The van der Waals surface area contributed by atoms with Crippen LogP contribution in [0.1, 0.15) is 5.56 Å². The van der Waals surface area contributed by atoms with Crippen molar-refractivity contribution in [2.75, 3.05) is 18.6 Å². The summed E-state index contributed by atoms with van der Waals surface area (Å²) in [4.78, 5) is 13.4. The number of ether oxygens (including phenoxy) is 2. The van der Waals surface area contributed by atoms with Crippen LogP contribution in [0.15, 0.2) is 42.5 Å². The Bertz CT molecular complexity index is 736. The molecule has 0 saturated carbocycles. The second kappa shape index (κ2) is 6.16. The SMILES string of the molecule is COc1ccc(CN2C[C@H](C(N)=O)Oc3ccccc32)cc1F. The van der Waals surface area contributed by atoms with Gasteiger partial charge in [-0.3, -0.25) is 4.79 Å². The van der Waals surface area contributed by atoms with Crippen LogP contribution in [-0.2, 0) is 11.3 Å². The molecule has 23 heavy (non-hydrogen) atoms. The van der Waals surface area contributed by atoms with Crippen LogP contribution in [0.25, 0.3) is 0 Å². The van der Waals surface area contributed by atoms with Crippen LogP contribution >= 0.6 is 0 Å². The number of benzene rings is 2. The maximum Gasteiger partial charge on any atom is 0.260 e. The third-order valence-electron chi connectivity index (χ3n) is 3.77. The van der Waals surface area contributed by atoms with Crippen molar-refractivity contribution >= 4 is 11.6 Å². The highest BCUT2D eigenvalue weighted by Crippen LogP contribution is 2.34. The molecule has 0 bridgehead atoms. The second-order valence-electron chi connectivity index (χ2n) is 5.33. The molecule has 0 spiro atoms. The van der Waals surface area contributed by atoms with Gasteiger partial charge in [0.1, 0.15) is 5.75 Å². The zero-order valence-corrected chi connectivity index (χ0v) is 12.7. The smallest absolute Gasteiger partial charge is 0.260 e. The van der Waals surface area contributed by atoms with E-state index in [1.165, 1.54) is 13.2 Å². The van der Waals surface area contributed by atoms with Gasteiger partial charge in [-0.2, -0.15) is 0 Å². The van der Waals surface area contributed by atoms with Crippen LogP contribution in [0.5, 0.6) is 11.5 Å². The van der Waals surface area contributed by atoms with Crippen molar-refractivity contribution in [2.45, 2.75) is 12.6 Å². The van der Waals surface area contributed by atoms with E-state index in [0.717, 1.165) is 11.3 Å². The normalized spacial score (nSPS) is 16.4. The number of nitrogens with zero attached hydrogens (tertiary/aromatic N) is 1. The van der Waals surface area contributed by atoms with Crippen LogP contribution in [0.2, 0.25) is 0 Å². The molecule has 1 atom stereocenters. The summed E-state index contributed by atoms with van der Waals surface area (Å²) in [6.07, 6.45) is -0.729. The number of fused-ring (bicyclic) bond motifs is 1. The van der Waals surface area contributed by atoms with Crippen molar-refractivity contribution in [1.29, 1.82) is 0 Å². The molecular weight excluding hydrogens is 299 g/mol. The number of amides is 1. The van der Waals surface area contributed by atoms with Crippen LogP contribution in [0.3, 0.4) is 0 Å². The Morgan fingerprint density at radius 3 is 2.87 bits per heavy atom. The number of hydrogen-bond acceptors (Lipinski definition) is 4. The summed E-state index contributed by atoms with van der Waals surface area (Å²) in [5, 5.41) is 0. The Labute approximate surface area is 133 Å². The van der Waals surface area contributed by atoms with E-state index in [2.05, 4.69) is 0 Å². The fraction of sp³-hybridized carbons (Fsp3) is 0.235. The third-order valence-corrected chi connectivity index (χ3v) is 3.77. The first kappa shape index (κ1) is 15.1. The minimum absolute atomic E-state index is 0.200. The molecule has 2 aromatic carbocycles. The quantitative estimate of drug-likeness (QED) is 0.938. The minimum Gasteiger partial charge on any atom is -0.494 e. The number of carbonyl (C=O) groups is 1. The lowest BCUT2D eigenvalue weighted by Crippen LogP contribution is -2.46. The highest BCUT2D eigenvalue weighted by atomic mass is 19.1. The summed E-state index contributed by atoms with van der Waals surface area (Å²) in [7, 11) is 1.42. The number of halogens is 1. The molecule has 0 unspecified atom stereocenters. The molecule has 0 aromatic heterocycles. The predicted molar refractivity (Wildman–Crippen MR) is 84.1 cm³/mol. The van der Waals surface area contributed by atoms with Crippen molar-refractivity contribution in [3.05, 3.63) is 53.8 Å². The molecule has 2 N–H and O–H groups in total. The molecule has 1 amide bonds. The van der Waals surface area contributed by atoms with Gasteiger partial charge in [-0.25, -0.2) is 4.39 Å². The lowest BCUT2D eigenvalue weighted by atomic mass is 10.1. The summed E-state index contributed by atoms with van der Waals surface area (Å²) in [5.74, 6) is -0.147. The number of anilines is 1. The Kier molecular flexibility index (Phi) is 4.06. The maximum atomic E-state index is 13.9. The molecule has 0 saturated heterocycles. The molecular formula is C17H17FN2O3. The summed E-state index contributed by atoms with van der Waals surface area (Å²) in [6.45, 7) is 0.755. The maximum absolute atomic E-state index is 13.9.